The number of benzene rings is 3. The molecule has 9 heteroatoms. The Kier molecular flexibility index (Phi) is 6.73. The summed E-state index contributed by atoms with van der Waals surface area (Å²) >= 11 is 0. The lowest BCUT2D eigenvalue weighted by molar-refractivity contribution is 0.101. The Bertz CT molecular complexity index is 1210. The maximum Gasteiger partial charge on any atom is 0.258 e. The van der Waals surface area contributed by atoms with Crippen LogP contribution in [0.4, 0.5) is 11.9 Å². The second-order valence-corrected chi connectivity index (χ2v) is 7.04. The summed E-state index contributed by atoms with van der Waals surface area (Å²) in [5.41, 5.74) is 1.49. The molecule has 0 saturated carbocycles. The molecule has 2 amide bonds. The molecule has 0 atom stereocenters. The number of carbonyl (C=O) groups is 2. The molecule has 0 fully saturated rings. The van der Waals surface area contributed by atoms with Crippen LogP contribution in [0.1, 0.15) is 20.7 Å². The molecule has 0 aliphatic rings. The zero-order valence-corrected chi connectivity index (χ0v) is 18.5. The average Bonchev–Trinajstić information content (AvgIpc) is 2.89. The number of nitrogens with zero attached hydrogens (tertiary/aromatic N) is 3. The summed E-state index contributed by atoms with van der Waals surface area (Å²) < 4.78 is 10.2. The van der Waals surface area contributed by atoms with Gasteiger partial charge in [-0.2, -0.15) is 15.0 Å². The van der Waals surface area contributed by atoms with Gasteiger partial charge in [-0.3, -0.25) is 20.2 Å². The predicted molar refractivity (Wildman–Crippen MR) is 127 cm³/mol. The molecular formula is C25H21N5O4. The van der Waals surface area contributed by atoms with Crippen molar-refractivity contribution in [2.75, 3.05) is 24.9 Å². The van der Waals surface area contributed by atoms with Crippen LogP contribution in [0.15, 0.2) is 78.9 Å². The monoisotopic (exact) mass is 455 g/mol. The zero-order chi connectivity index (χ0) is 23.9. The van der Waals surface area contributed by atoms with Gasteiger partial charge in [0.1, 0.15) is 11.5 Å². The van der Waals surface area contributed by atoms with E-state index in [0.717, 1.165) is 0 Å². The molecule has 1 heterocycles. The third-order valence-corrected chi connectivity index (χ3v) is 4.82. The van der Waals surface area contributed by atoms with Crippen molar-refractivity contribution >= 4 is 23.7 Å². The molecule has 9 nitrogen and oxygen atoms in total. The van der Waals surface area contributed by atoms with Gasteiger partial charge in [-0.1, -0.05) is 30.3 Å². The maximum atomic E-state index is 12.7. The molecule has 0 bridgehead atoms. The van der Waals surface area contributed by atoms with Gasteiger partial charge in [-0.05, 0) is 48.5 Å². The maximum absolute atomic E-state index is 12.7. The van der Waals surface area contributed by atoms with Crippen molar-refractivity contribution in [3.63, 3.8) is 0 Å². The summed E-state index contributed by atoms with van der Waals surface area (Å²) in [4.78, 5) is 38.4. The van der Waals surface area contributed by atoms with Gasteiger partial charge in [-0.25, -0.2) is 0 Å². The minimum absolute atomic E-state index is 0.000276. The largest absolute Gasteiger partial charge is 0.497 e. The second-order valence-electron chi connectivity index (χ2n) is 7.04. The topological polar surface area (TPSA) is 115 Å². The number of carbonyl (C=O) groups excluding carboxylic acids is 2. The molecule has 4 rings (SSSR count). The Hall–Kier alpha value is -4.79. The van der Waals surface area contributed by atoms with Crippen LogP contribution in [0, 0.1) is 0 Å². The van der Waals surface area contributed by atoms with E-state index in [2.05, 4.69) is 25.6 Å². The fraction of sp³-hybridized carbons (Fsp3) is 0.0800. The fourth-order valence-corrected chi connectivity index (χ4v) is 3.04. The van der Waals surface area contributed by atoms with E-state index in [1.54, 1.807) is 62.8 Å². The van der Waals surface area contributed by atoms with Gasteiger partial charge >= 0.3 is 0 Å². The molecule has 1 aromatic heterocycles. The molecule has 34 heavy (non-hydrogen) atoms. The Morgan fingerprint density at radius 3 is 1.47 bits per heavy atom. The van der Waals surface area contributed by atoms with E-state index in [4.69, 9.17) is 9.47 Å². The van der Waals surface area contributed by atoms with Crippen molar-refractivity contribution in [2.45, 2.75) is 0 Å². The third kappa shape index (κ3) is 5.33. The first-order chi connectivity index (χ1) is 16.6. The van der Waals surface area contributed by atoms with Crippen molar-refractivity contribution in [3.05, 3.63) is 90.0 Å². The smallest absolute Gasteiger partial charge is 0.258 e. The van der Waals surface area contributed by atoms with Crippen molar-refractivity contribution < 1.29 is 19.1 Å². The number of rotatable bonds is 7. The van der Waals surface area contributed by atoms with Crippen LogP contribution < -0.4 is 20.1 Å². The summed E-state index contributed by atoms with van der Waals surface area (Å²) in [5.74, 6) is 0.726. The van der Waals surface area contributed by atoms with E-state index in [9.17, 15) is 9.59 Å². The summed E-state index contributed by atoms with van der Waals surface area (Å²) in [7, 11) is 3.10. The Morgan fingerprint density at radius 2 is 1.06 bits per heavy atom. The molecule has 170 valence electrons. The van der Waals surface area contributed by atoms with Crippen LogP contribution in [0.2, 0.25) is 0 Å². The van der Waals surface area contributed by atoms with Gasteiger partial charge in [0.2, 0.25) is 11.9 Å². The molecule has 2 N–H and O–H groups in total. The van der Waals surface area contributed by atoms with Crippen LogP contribution in [-0.4, -0.2) is 41.0 Å². The number of ether oxygens (including phenoxy) is 2. The summed E-state index contributed by atoms with van der Waals surface area (Å²) in [5, 5.41) is 5.33. The van der Waals surface area contributed by atoms with Gasteiger partial charge < -0.3 is 9.47 Å². The molecule has 0 saturated heterocycles. The summed E-state index contributed by atoms with van der Waals surface area (Å²) in [6, 6.07) is 22.4. The minimum atomic E-state index is -0.416. The first-order valence-corrected chi connectivity index (χ1v) is 10.3. The number of amides is 2. The summed E-state index contributed by atoms with van der Waals surface area (Å²) in [6.07, 6.45) is 0. The molecule has 0 radical (unpaired) electrons. The van der Waals surface area contributed by atoms with E-state index >= 15 is 0 Å². The molecule has 0 unspecified atom stereocenters. The highest BCUT2D eigenvalue weighted by molar-refractivity contribution is 6.04. The van der Waals surface area contributed by atoms with Crippen LogP contribution in [0.25, 0.3) is 11.4 Å². The van der Waals surface area contributed by atoms with E-state index in [1.165, 1.54) is 0 Å². The number of aromatic nitrogens is 3. The molecule has 0 aliphatic heterocycles. The molecule has 0 aliphatic carbocycles. The van der Waals surface area contributed by atoms with Crippen molar-refractivity contribution in [3.8, 4) is 22.9 Å². The predicted octanol–water partition coefficient (Wildman–Crippen LogP) is 4.06. The average molecular weight is 455 g/mol. The number of hydrogen-bond donors (Lipinski definition) is 2. The quantitative estimate of drug-likeness (QED) is 0.432. The highest BCUT2D eigenvalue weighted by Crippen LogP contribution is 2.19. The van der Waals surface area contributed by atoms with Crippen LogP contribution in [0.5, 0.6) is 11.5 Å². The Balaban J connectivity index is 1.62. The van der Waals surface area contributed by atoms with Gasteiger partial charge in [0.05, 0.1) is 14.2 Å². The van der Waals surface area contributed by atoms with E-state index in [1.807, 2.05) is 30.3 Å². The number of hydrogen-bond acceptors (Lipinski definition) is 7. The van der Waals surface area contributed by atoms with Crippen LogP contribution in [-0.2, 0) is 0 Å². The molecule has 0 spiro atoms. The molecule has 4 aromatic rings. The van der Waals surface area contributed by atoms with E-state index in [-0.39, 0.29) is 11.9 Å². The van der Waals surface area contributed by atoms with Crippen molar-refractivity contribution in [1.29, 1.82) is 0 Å². The van der Waals surface area contributed by atoms with Crippen LogP contribution in [0.3, 0.4) is 0 Å². The number of anilines is 2. The lowest BCUT2D eigenvalue weighted by atomic mass is 10.2. The Labute approximate surface area is 195 Å². The lowest BCUT2D eigenvalue weighted by Crippen LogP contribution is -2.18. The van der Waals surface area contributed by atoms with Crippen LogP contribution >= 0.6 is 0 Å². The number of nitrogens with one attached hydrogen (secondary N) is 2. The Morgan fingerprint density at radius 1 is 0.618 bits per heavy atom. The fourth-order valence-electron chi connectivity index (χ4n) is 3.04. The van der Waals surface area contributed by atoms with Crippen molar-refractivity contribution in [2.24, 2.45) is 0 Å². The second kappa shape index (κ2) is 10.2. The highest BCUT2D eigenvalue weighted by atomic mass is 16.5. The molecule has 3 aromatic carbocycles. The molecular weight excluding hydrogens is 434 g/mol. The summed E-state index contributed by atoms with van der Waals surface area (Å²) in [6.45, 7) is 0. The first kappa shape index (κ1) is 22.4. The minimum Gasteiger partial charge on any atom is -0.497 e. The third-order valence-electron chi connectivity index (χ3n) is 4.82. The van der Waals surface area contributed by atoms with E-state index in [0.29, 0.717) is 34.0 Å². The van der Waals surface area contributed by atoms with Gasteiger partial charge in [-0.15, -0.1) is 0 Å². The standard InChI is InChI=1S/C25H21N5O4/c1-33-19-12-8-17(9-13-19)22(31)28-24-26-21(16-6-4-3-5-7-16)27-25(30-24)29-23(32)18-10-14-20(34-2)15-11-18/h3-15H,1-2H3,(H2,26,27,28,29,30,31,32). The van der Waals surface area contributed by atoms with Crippen molar-refractivity contribution in [1.82, 2.24) is 15.0 Å². The highest BCUT2D eigenvalue weighted by Gasteiger charge is 2.15. The first-order valence-electron chi connectivity index (χ1n) is 10.3. The SMILES string of the molecule is COc1ccc(C(=O)Nc2nc(NC(=O)c3ccc(OC)cc3)nc(-c3ccccc3)n2)cc1. The zero-order valence-electron chi connectivity index (χ0n) is 18.5. The number of methoxy groups -OCH3 is 2. The van der Waals surface area contributed by atoms with Gasteiger partial charge in [0.15, 0.2) is 5.82 Å². The normalized spacial score (nSPS) is 10.3. The lowest BCUT2D eigenvalue weighted by Gasteiger charge is -2.10. The van der Waals surface area contributed by atoms with Gasteiger partial charge in [0, 0.05) is 16.7 Å². The van der Waals surface area contributed by atoms with Gasteiger partial charge in [0.25, 0.3) is 11.8 Å². The van der Waals surface area contributed by atoms with E-state index < -0.39 is 11.8 Å².